The lowest BCUT2D eigenvalue weighted by Crippen LogP contribution is -2.47. The second-order valence-corrected chi connectivity index (χ2v) is 6.37. The van der Waals surface area contributed by atoms with Crippen LogP contribution in [0.3, 0.4) is 0 Å². The van der Waals surface area contributed by atoms with E-state index >= 15 is 0 Å². The first-order chi connectivity index (χ1) is 12.0. The van der Waals surface area contributed by atoms with Crippen molar-refractivity contribution in [3.05, 3.63) is 63.6 Å². The monoisotopic (exact) mass is 397 g/mol. The fourth-order valence-corrected chi connectivity index (χ4v) is 2.58. The molecule has 0 heterocycles. The van der Waals surface area contributed by atoms with Gasteiger partial charge in [0.05, 0.1) is 13.5 Å². The van der Waals surface area contributed by atoms with Crippen LogP contribution in [0.15, 0.2) is 42.5 Å². The number of thiocarbonyl (C=S) groups is 1. The van der Waals surface area contributed by atoms with Gasteiger partial charge >= 0.3 is 0 Å². The summed E-state index contributed by atoms with van der Waals surface area (Å²) in [6.45, 7) is 0.523. The largest absolute Gasteiger partial charge is 0.497 e. The van der Waals surface area contributed by atoms with Gasteiger partial charge in [0.25, 0.3) is 0 Å². The maximum absolute atomic E-state index is 11.9. The summed E-state index contributed by atoms with van der Waals surface area (Å²) < 4.78 is 5.10. The first kappa shape index (κ1) is 19.3. The Hall–Kier alpha value is -2.02. The van der Waals surface area contributed by atoms with E-state index in [1.807, 2.05) is 24.3 Å². The molecule has 2 rings (SSSR count). The third-order valence-electron chi connectivity index (χ3n) is 3.29. The summed E-state index contributed by atoms with van der Waals surface area (Å²) >= 11 is 17.0. The molecule has 5 nitrogen and oxygen atoms in total. The number of rotatable bonds is 5. The fourth-order valence-electron chi connectivity index (χ4n) is 1.98. The van der Waals surface area contributed by atoms with E-state index in [1.165, 1.54) is 0 Å². The zero-order valence-corrected chi connectivity index (χ0v) is 15.8. The molecule has 0 spiro atoms. The van der Waals surface area contributed by atoms with E-state index in [1.54, 1.807) is 25.3 Å². The van der Waals surface area contributed by atoms with Crippen molar-refractivity contribution in [3.63, 3.8) is 0 Å². The quantitative estimate of drug-likeness (QED) is 0.533. The molecule has 2 aromatic carbocycles. The van der Waals surface area contributed by atoms with Gasteiger partial charge in [0, 0.05) is 16.6 Å². The van der Waals surface area contributed by atoms with E-state index in [2.05, 4.69) is 16.2 Å². The molecule has 1 amide bonds. The topological polar surface area (TPSA) is 62.4 Å². The van der Waals surface area contributed by atoms with Crippen LogP contribution in [-0.2, 0) is 17.8 Å². The molecule has 0 aliphatic rings. The summed E-state index contributed by atoms with van der Waals surface area (Å²) in [7, 11) is 1.62. The number of ether oxygens (including phenoxy) is 1. The maximum atomic E-state index is 11.9. The van der Waals surface area contributed by atoms with Gasteiger partial charge in [-0.25, -0.2) is 0 Å². The van der Waals surface area contributed by atoms with Gasteiger partial charge in [0.15, 0.2) is 5.11 Å². The highest BCUT2D eigenvalue weighted by Crippen LogP contribution is 2.21. The van der Waals surface area contributed by atoms with Crippen molar-refractivity contribution in [2.24, 2.45) is 0 Å². The van der Waals surface area contributed by atoms with Crippen molar-refractivity contribution in [1.82, 2.24) is 16.2 Å². The number of hydrazine groups is 1. The second-order valence-electron chi connectivity index (χ2n) is 5.12. The zero-order valence-electron chi connectivity index (χ0n) is 13.4. The fraction of sp³-hybridized carbons (Fsp3) is 0.176. The maximum Gasteiger partial charge on any atom is 0.242 e. The first-order valence-electron chi connectivity index (χ1n) is 7.37. The third kappa shape index (κ3) is 6.42. The van der Waals surface area contributed by atoms with E-state index in [4.69, 9.17) is 40.2 Å². The highest BCUT2D eigenvalue weighted by Gasteiger charge is 2.08. The Morgan fingerprint density at radius 3 is 2.48 bits per heavy atom. The Balaban J connectivity index is 1.74. The average molecular weight is 398 g/mol. The number of methoxy groups -OCH3 is 1. The van der Waals surface area contributed by atoms with Crippen molar-refractivity contribution < 1.29 is 9.53 Å². The standard InChI is InChI=1S/C17H17Cl2N3O2S/c1-24-14-6-2-11(3-7-14)10-20-17(25)22-21-16(23)8-12-4-5-13(18)9-15(12)19/h2-7,9H,8,10H2,1H3,(H,21,23)(H2,20,22,25). The van der Waals surface area contributed by atoms with Crippen molar-refractivity contribution in [2.75, 3.05) is 7.11 Å². The SMILES string of the molecule is COc1ccc(CNC(=S)NNC(=O)Cc2ccc(Cl)cc2Cl)cc1. The molecular weight excluding hydrogens is 381 g/mol. The molecule has 0 bridgehead atoms. The van der Waals surface area contributed by atoms with Crippen molar-refractivity contribution in [2.45, 2.75) is 13.0 Å². The lowest BCUT2D eigenvalue weighted by atomic mass is 10.1. The van der Waals surface area contributed by atoms with Gasteiger partial charge < -0.3 is 10.1 Å². The van der Waals surface area contributed by atoms with Gasteiger partial charge in [0.2, 0.25) is 5.91 Å². The van der Waals surface area contributed by atoms with Crippen LogP contribution in [0.2, 0.25) is 10.0 Å². The number of hydrogen-bond acceptors (Lipinski definition) is 3. The molecule has 132 valence electrons. The summed E-state index contributed by atoms with van der Waals surface area (Å²) in [5.41, 5.74) is 6.89. The lowest BCUT2D eigenvalue weighted by Gasteiger charge is -2.12. The minimum Gasteiger partial charge on any atom is -0.497 e. The van der Waals surface area contributed by atoms with Crippen molar-refractivity contribution in [3.8, 4) is 5.75 Å². The smallest absolute Gasteiger partial charge is 0.242 e. The van der Waals surface area contributed by atoms with E-state index in [-0.39, 0.29) is 12.3 Å². The lowest BCUT2D eigenvalue weighted by molar-refractivity contribution is -0.121. The molecule has 2 aromatic rings. The van der Waals surface area contributed by atoms with Crippen LogP contribution < -0.4 is 20.9 Å². The molecule has 3 N–H and O–H groups in total. The molecule has 0 saturated carbocycles. The number of halogens is 2. The molecule has 0 aromatic heterocycles. The average Bonchev–Trinajstić information content (AvgIpc) is 2.61. The summed E-state index contributed by atoms with van der Waals surface area (Å²) in [5.74, 6) is 0.524. The summed E-state index contributed by atoms with van der Waals surface area (Å²) in [6, 6.07) is 12.6. The second kappa shape index (κ2) is 9.46. The number of benzene rings is 2. The molecule has 0 atom stereocenters. The minimum atomic E-state index is -0.266. The predicted octanol–water partition coefficient (Wildman–Crippen LogP) is 3.24. The van der Waals surface area contributed by atoms with E-state index in [0.717, 1.165) is 11.3 Å². The van der Waals surface area contributed by atoms with Crippen LogP contribution in [0.1, 0.15) is 11.1 Å². The number of hydrogen-bond donors (Lipinski definition) is 3. The molecule has 0 saturated heterocycles. The molecule has 25 heavy (non-hydrogen) atoms. The molecule has 0 radical (unpaired) electrons. The predicted molar refractivity (Wildman–Crippen MR) is 104 cm³/mol. The van der Waals surface area contributed by atoms with E-state index in [9.17, 15) is 4.79 Å². The number of carbonyl (C=O) groups excluding carboxylic acids is 1. The Morgan fingerprint density at radius 1 is 1.12 bits per heavy atom. The number of carbonyl (C=O) groups is 1. The first-order valence-corrected chi connectivity index (χ1v) is 8.54. The molecule has 0 aliphatic carbocycles. The van der Waals surface area contributed by atoms with Gasteiger partial charge in [0.1, 0.15) is 5.75 Å². The molecule has 0 aliphatic heterocycles. The number of nitrogens with one attached hydrogen (secondary N) is 3. The van der Waals surface area contributed by atoms with Gasteiger partial charge in [-0.1, -0.05) is 41.4 Å². The highest BCUT2D eigenvalue weighted by molar-refractivity contribution is 7.80. The normalized spacial score (nSPS) is 10.0. The zero-order chi connectivity index (χ0) is 18.2. The Kier molecular flexibility index (Phi) is 7.31. The Morgan fingerprint density at radius 2 is 1.84 bits per heavy atom. The van der Waals surface area contributed by atoms with Crippen LogP contribution in [0.5, 0.6) is 5.75 Å². The Labute approximate surface area is 161 Å². The van der Waals surface area contributed by atoms with Crippen LogP contribution >= 0.6 is 35.4 Å². The van der Waals surface area contributed by atoms with Crippen LogP contribution in [0.4, 0.5) is 0 Å². The van der Waals surface area contributed by atoms with E-state index in [0.29, 0.717) is 27.3 Å². The van der Waals surface area contributed by atoms with Gasteiger partial charge in [-0.05, 0) is 47.6 Å². The summed E-state index contributed by atoms with van der Waals surface area (Å²) in [6.07, 6.45) is 0.115. The number of amides is 1. The van der Waals surface area contributed by atoms with Gasteiger partial charge in [-0.2, -0.15) is 0 Å². The molecule has 8 heteroatoms. The van der Waals surface area contributed by atoms with Crippen LogP contribution in [0.25, 0.3) is 0 Å². The van der Waals surface area contributed by atoms with Gasteiger partial charge in [-0.15, -0.1) is 0 Å². The third-order valence-corrected chi connectivity index (χ3v) is 4.13. The molecule has 0 fully saturated rings. The van der Waals surface area contributed by atoms with Gasteiger partial charge in [-0.3, -0.25) is 15.6 Å². The molecule has 0 unspecified atom stereocenters. The Bertz CT molecular complexity index is 754. The van der Waals surface area contributed by atoms with E-state index < -0.39 is 0 Å². The van der Waals surface area contributed by atoms with Crippen LogP contribution in [-0.4, -0.2) is 18.1 Å². The van der Waals surface area contributed by atoms with Crippen LogP contribution in [0, 0.1) is 0 Å². The summed E-state index contributed by atoms with van der Waals surface area (Å²) in [5, 5.41) is 4.28. The van der Waals surface area contributed by atoms with Crippen molar-refractivity contribution >= 4 is 46.4 Å². The molecular formula is C17H17Cl2N3O2S. The highest BCUT2D eigenvalue weighted by atomic mass is 35.5. The summed E-state index contributed by atoms with van der Waals surface area (Å²) in [4.78, 5) is 11.9. The minimum absolute atomic E-state index is 0.115. The van der Waals surface area contributed by atoms with Crippen molar-refractivity contribution in [1.29, 1.82) is 0 Å².